The molecule has 1 saturated heterocycles. The number of carboxylic acid groups (broad SMARTS) is 1. The number of nitrogens with zero attached hydrogens (tertiary/aromatic N) is 2. The lowest BCUT2D eigenvalue weighted by Crippen LogP contribution is -2.50. The lowest BCUT2D eigenvalue weighted by atomic mass is 10.0. The average Bonchev–Trinajstić information content (AvgIpc) is 3.14. The van der Waals surface area contributed by atoms with Crippen LogP contribution < -0.4 is 4.74 Å². The summed E-state index contributed by atoms with van der Waals surface area (Å²) in [7, 11) is 0. The normalized spacial score (nSPS) is 16.7. The number of piperazine rings is 1. The number of benzene rings is 2. The Morgan fingerprint density at radius 3 is 2.55 bits per heavy atom. The molecule has 152 valence electrons. The number of carboxylic acids is 1. The number of aromatic nitrogens is 1. The molecule has 0 amide bonds. The van der Waals surface area contributed by atoms with Gasteiger partial charge in [-0.15, -0.1) is 0 Å². The molecule has 6 nitrogen and oxygen atoms in total. The van der Waals surface area contributed by atoms with Crippen LogP contribution in [0.4, 0.5) is 0 Å². The van der Waals surface area contributed by atoms with Crippen molar-refractivity contribution in [2.24, 2.45) is 0 Å². The first-order chi connectivity index (χ1) is 14.1. The maximum absolute atomic E-state index is 12.1. The van der Waals surface area contributed by atoms with Crippen molar-refractivity contribution in [3.63, 3.8) is 0 Å². The average molecular weight is 414 g/mol. The minimum atomic E-state index is -0.811. The smallest absolute Gasteiger partial charge is 0.325 e. The Hall–Kier alpha value is -2.54. The van der Waals surface area contributed by atoms with Crippen LogP contribution >= 0.6 is 11.6 Å². The van der Waals surface area contributed by atoms with Crippen LogP contribution in [0.15, 0.2) is 54.7 Å². The molecule has 1 aliphatic rings. The van der Waals surface area contributed by atoms with Crippen LogP contribution in [0.5, 0.6) is 5.75 Å². The zero-order valence-corrected chi connectivity index (χ0v) is 16.8. The lowest BCUT2D eigenvalue weighted by molar-refractivity contribution is -0.144. The summed E-state index contributed by atoms with van der Waals surface area (Å²) in [5.41, 5.74) is 1.79. The summed E-state index contributed by atoms with van der Waals surface area (Å²) in [5.74, 6) is -0.00686. The van der Waals surface area contributed by atoms with Crippen molar-refractivity contribution in [1.82, 2.24) is 14.8 Å². The van der Waals surface area contributed by atoms with Gasteiger partial charge in [0, 0.05) is 60.4 Å². The number of H-pyrrole nitrogens is 1. The molecular formula is C22H24ClN3O3. The predicted octanol–water partition coefficient (Wildman–Crippen LogP) is 3.64. The number of ether oxygens (including phenoxy) is 1. The van der Waals surface area contributed by atoms with Gasteiger partial charge in [0.25, 0.3) is 0 Å². The van der Waals surface area contributed by atoms with Gasteiger partial charge in [-0.25, -0.2) is 0 Å². The molecule has 4 rings (SSSR count). The summed E-state index contributed by atoms with van der Waals surface area (Å²) in [6.45, 7) is 4.44. The minimum Gasteiger partial charge on any atom is -0.492 e. The van der Waals surface area contributed by atoms with Crippen LogP contribution in [-0.4, -0.2) is 65.2 Å². The van der Waals surface area contributed by atoms with Crippen molar-refractivity contribution < 1.29 is 14.6 Å². The van der Waals surface area contributed by atoms with Gasteiger partial charge in [-0.2, -0.15) is 0 Å². The van der Waals surface area contributed by atoms with E-state index in [-0.39, 0.29) is 0 Å². The molecule has 3 aromatic rings. The van der Waals surface area contributed by atoms with E-state index in [0.29, 0.717) is 24.7 Å². The SMILES string of the molecule is O=C(O)[C@@H](c1c[nH]c2ccccc12)N1CCN(CCOc2ccc(Cl)cc2)CC1. The van der Waals surface area contributed by atoms with Gasteiger partial charge in [0.2, 0.25) is 0 Å². The lowest BCUT2D eigenvalue weighted by Gasteiger charge is -2.37. The quantitative estimate of drug-likeness (QED) is 0.618. The summed E-state index contributed by atoms with van der Waals surface area (Å²) in [5, 5.41) is 11.6. The fourth-order valence-electron chi connectivity index (χ4n) is 3.87. The number of aromatic amines is 1. The summed E-state index contributed by atoms with van der Waals surface area (Å²) in [4.78, 5) is 19.6. The fourth-order valence-corrected chi connectivity index (χ4v) is 4.00. The van der Waals surface area contributed by atoms with Gasteiger partial charge in [-0.05, 0) is 30.3 Å². The van der Waals surface area contributed by atoms with Gasteiger partial charge < -0.3 is 14.8 Å². The van der Waals surface area contributed by atoms with Gasteiger partial charge in [0.05, 0.1) is 0 Å². The topological polar surface area (TPSA) is 68.8 Å². The Labute approximate surface area is 174 Å². The molecule has 2 N–H and O–H groups in total. The van der Waals surface area contributed by atoms with E-state index in [1.807, 2.05) is 54.7 Å². The van der Waals surface area contributed by atoms with Crippen molar-refractivity contribution in [1.29, 1.82) is 0 Å². The van der Waals surface area contributed by atoms with Crippen LogP contribution in [0.1, 0.15) is 11.6 Å². The van der Waals surface area contributed by atoms with Crippen molar-refractivity contribution in [2.75, 3.05) is 39.3 Å². The Morgan fingerprint density at radius 2 is 1.83 bits per heavy atom. The van der Waals surface area contributed by atoms with E-state index in [4.69, 9.17) is 16.3 Å². The van der Waals surface area contributed by atoms with E-state index >= 15 is 0 Å². The van der Waals surface area contributed by atoms with Crippen LogP contribution in [-0.2, 0) is 4.79 Å². The number of hydrogen-bond donors (Lipinski definition) is 2. The Morgan fingerprint density at radius 1 is 1.10 bits per heavy atom. The molecule has 29 heavy (non-hydrogen) atoms. The van der Waals surface area contributed by atoms with Crippen molar-refractivity contribution in [2.45, 2.75) is 6.04 Å². The second-order valence-electron chi connectivity index (χ2n) is 7.21. The molecule has 1 aliphatic heterocycles. The standard InChI is InChI=1S/C22H24ClN3O3/c23-16-5-7-17(8-6-16)29-14-13-25-9-11-26(12-10-25)21(22(27)28)19-15-24-20-4-2-1-3-18(19)20/h1-8,15,21,24H,9-14H2,(H,27,28)/t21-/m1/s1. The largest absolute Gasteiger partial charge is 0.492 e. The third-order valence-corrected chi connectivity index (χ3v) is 5.66. The maximum Gasteiger partial charge on any atom is 0.325 e. The van der Waals surface area contributed by atoms with E-state index in [1.54, 1.807) is 0 Å². The number of fused-ring (bicyclic) bond motifs is 1. The minimum absolute atomic E-state index is 0.590. The van der Waals surface area contributed by atoms with Crippen LogP contribution in [0.25, 0.3) is 10.9 Å². The second kappa shape index (κ2) is 8.86. The number of aliphatic carboxylic acids is 1. The molecule has 1 aromatic heterocycles. The molecule has 0 spiro atoms. The zero-order chi connectivity index (χ0) is 20.2. The Kier molecular flexibility index (Phi) is 6.04. The highest BCUT2D eigenvalue weighted by Crippen LogP contribution is 2.29. The number of para-hydroxylation sites is 1. The van der Waals surface area contributed by atoms with E-state index in [1.165, 1.54) is 0 Å². The van der Waals surface area contributed by atoms with Crippen molar-refractivity contribution in [3.8, 4) is 5.75 Å². The molecule has 0 bridgehead atoms. The summed E-state index contributed by atoms with van der Waals surface area (Å²) in [6.07, 6.45) is 1.83. The van der Waals surface area contributed by atoms with Crippen molar-refractivity contribution >= 4 is 28.5 Å². The summed E-state index contributed by atoms with van der Waals surface area (Å²) >= 11 is 5.89. The first kappa shape index (κ1) is 19.8. The number of rotatable bonds is 7. The van der Waals surface area contributed by atoms with Gasteiger partial charge in [0.15, 0.2) is 0 Å². The molecule has 0 saturated carbocycles. The monoisotopic (exact) mass is 413 g/mol. The van der Waals surface area contributed by atoms with Gasteiger partial charge in [-0.1, -0.05) is 29.8 Å². The van der Waals surface area contributed by atoms with Crippen LogP contribution in [0.2, 0.25) is 5.02 Å². The molecule has 0 radical (unpaired) electrons. The molecule has 2 aromatic carbocycles. The van der Waals surface area contributed by atoms with Gasteiger partial charge >= 0.3 is 5.97 Å². The van der Waals surface area contributed by atoms with Gasteiger partial charge in [-0.3, -0.25) is 14.6 Å². The molecule has 1 atom stereocenters. The van der Waals surface area contributed by atoms with Crippen LogP contribution in [0, 0.1) is 0 Å². The molecule has 1 fully saturated rings. The maximum atomic E-state index is 12.1. The zero-order valence-electron chi connectivity index (χ0n) is 16.1. The van der Waals surface area contributed by atoms with Crippen LogP contribution in [0.3, 0.4) is 0 Å². The number of halogens is 1. The van der Waals surface area contributed by atoms with E-state index in [0.717, 1.165) is 41.9 Å². The number of nitrogens with one attached hydrogen (secondary N) is 1. The first-order valence-corrected chi connectivity index (χ1v) is 10.1. The molecule has 7 heteroatoms. The summed E-state index contributed by atoms with van der Waals surface area (Å²) in [6, 6.07) is 14.5. The first-order valence-electron chi connectivity index (χ1n) is 9.75. The molecule has 0 unspecified atom stereocenters. The highest BCUT2D eigenvalue weighted by atomic mass is 35.5. The van der Waals surface area contributed by atoms with E-state index < -0.39 is 12.0 Å². The third-order valence-electron chi connectivity index (χ3n) is 5.41. The molecule has 2 heterocycles. The fraction of sp³-hybridized carbons (Fsp3) is 0.318. The predicted molar refractivity (Wildman–Crippen MR) is 114 cm³/mol. The van der Waals surface area contributed by atoms with Gasteiger partial charge in [0.1, 0.15) is 18.4 Å². The Balaban J connectivity index is 1.34. The molecule has 0 aliphatic carbocycles. The van der Waals surface area contributed by atoms with E-state index in [9.17, 15) is 9.90 Å². The second-order valence-corrected chi connectivity index (χ2v) is 7.65. The molecular weight excluding hydrogens is 390 g/mol. The third kappa shape index (κ3) is 4.56. The number of hydrogen-bond acceptors (Lipinski definition) is 4. The Bertz CT molecular complexity index is 965. The summed E-state index contributed by atoms with van der Waals surface area (Å²) < 4.78 is 5.77. The highest BCUT2D eigenvalue weighted by molar-refractivity contribution is 6.30. The van der Waals surface area contributed by atoms with E-state index in [2.05, 4.69) is 14.8 Å². The highest BCUT2D eigenvalue weighted by Gasteiger charge is 2.31. The number of carbonyl (C=O) groups is 1. The van der Waals surface area contributed by atoms with Crippen molar-refractivity contribution in [3.05, 3.63) is 65.3 Å².